The number of benzene rings is 3. The highest BCUT2D eigenvalue weighted by Crippen LogP contribution is 2.60. The first-order chi connectivity index (χ1) is 19.0. The van der Waals surface area contributed by atoms with E-state index in [1.165, 1.54) is 14.7 Å². The molecule has 40 heavy (non-hydrogen) atoms. The highest BCUT2D eigenvalue weighted by atomic mass is 79.9. The summed E-state index contributed by atoms with van der Waals surface area (Å²) in [7, 11) is 0. The fourth-order valence-electron chi connectivity index (χ4n) is 6.68. The summed E-state index contributed by atoms with van der Waals surface area (Å²) in [4.78, 5) is 61.7. The number of anilines is 1. The Balaban J connectivity index is 1.63. The Labute approximate surface area is 249 Å². The van der Waals surface area contributed by atoms with Crippen molar-refractivity contribution in [2.24, 2.45) is 11.8 Å². The molecule has 0 aliphatic carbocycles. The first kappa shape index (κ1) is 26.9. The van der Waals surface area contributed by atoms with Crippen LogP contribution in [0.25, 0.3) is 0 Å². The molecule has 3 aliphatic heterocycles. The summed E-state index contributed by atoms with van der Waals surface area (Å²) in [6.07, 6.45) is 0.105. The van der Waals surface area contributed by atoms with Crippen molar-refractivity contribution < 1.29 is 19.2 Å². The zero-order chi connectivity index (χ0) is 28.6. The second-order valence-corrected chi connectivity index (χ2v) is 13.4. The molecule has 0 N–H and O–H groups in total. The molecule has 3 aromatic rings. The van der Waals surface area contributed by atoms with Crippen molar-refractivity contribution in [3.8, 4) is 0 Å². The van der Waals surface area contributed by atoms with Crippen LogP contribution in [0.15, 0.2) is 87.8 Å². The minimum Gasteiger partial charge on any atom is -0.300 e. The molecule has 204 valence electrons. The third kappa shape index (κ3) is 3.81. The molecular weight excluding hydrogens is 638 g/mol. The van der Waals surface area contributed by atoms with E-state index >= 15 is 0 Å². The second kappa shape index (κ2) is 9.38. The Morgan fingerprint density at radius 3 is 2.10 bits per heavy atom. The third-order valence-corrected chi connectivity index (χ3v) is 9.17. The normalized spacial score (nSPS) is 26.1. The van der Waals surface area contributed by atoms with Crippen molar-refractivity contribution >= 4 is 61.3 Å². The highest BCUT2D eigenvalue weighted by Gasteiger charge is 2.77. The number of urea groups is 1. The van der Waals surface area contributed by atoms with Gasteiger partial charge in [0.1, 0.15) is 5.54 Å². The Kier molecular flexibility index (Phi) is 6.31. The van der Waals surface area contributed by atoms with E-state index < -0.39 is 46.8 Å². The van der Waals surface area contributed by atoms with Crippen LogP contribution in [0.2, 0.25) is 0 Å². The largest absolute Gasteiger partial charge is 0.332 e. The van der Waals surface area contributed by atoms with Crippen LogP contribution in [0.3, 0.4) is 0 Å². The van der Waals surface area contributed by atoms with Gasteiger partial charge in [-0.25, -0.2) is 9.69 Å². The molecule has 3 aromatic carbocycles. The molecule has 0 aromatic heterocycles. The van der Waals surface area contributed by atoms with Crippen molar-refractivity contribution in [3.63, 3.8) is 0 Å². The number of fused-ring (bicyclic) bond motifs is 3. The standard InChI is InChI=1S/C31H27Br2N3O4/c1-30(2,3)36-26(37)23-24(27(36)38)31(17-18-8-5-4-6-9-18)28(39)34(22-11-7-10-21(33)16-22)29(40)35(31)25(23)19-12-14-20(32)15-13-19/h4-16,23-25H,17H2,1-3H3/t23-,24-,25-,31-/m1/s1. The molecule has 5 amide bonds. The lowest BCUT2D eigenvalue weighted by atomic mass is 9.75. The van der Waals surface area contributed by atoms with Crippen LogP contribution in [-0.4, -0.2) is 44.6 Å². The summed E-state index contributed by atoms with van der Waals surface area (Å²) < 4.78 is 1.55. The van der Waals surface area contributed by atoms with E-state index in [0.717, 1.165) is 10.0 Å². The van der Waals surface area contributed by atoms with E-state index in [0.29, 0.717) is 15.7 Å². The summed E-state index contributed by atoms with van der Waals surface area (Å²) in [6.45, 7) is 5.45. The molecule has 3 fully saturated rings. The number of rotatable bonds is 4. The number of carbonyl (C=O) groups is 4. The third-order valence-electron chi connectivity index (χ3n) is 8.15. The van der Waals surface area contributed by atoms with Crippen molar-refractivity contribution in [1.82, 2.24) is 9.80 Å². The van der Waals surface area contributed by atoms with Gasteiger partial charge < -0.3 is 4.90 Å². The summed E-state index contributed by atoms with van der Waals surface area (Å²) in [5.41, 5.74) is -0.481. The summed E-state index contributed by atoms with van der Waals surface area (Å²) >= 11 is 6.92. The predicted octanol–water partition coefficient (Wildman–Crippen LogP) is 6.12. The molecule has 0 radical (unpaired) electrons. The molecule has 0 unspecified atom stereocenters. The van der Waals surface area contributed by atoms with E-state index in [1.807, 2.05) is 81.4 Å². The van der Waals surface area contributed by atoms with E-state index in [1.54, 1.807) is 18.2 Å². The minimum atomic E-state index is -1.59. The lowest BCUT2D eigenvalue weighted by molar-refractivity contribution is -0.149. The summed E-state index contributed by atoms with van der Waals surface area (Å²) in [5.74, 6) is -3.20. The monoisotopic (exact) mass is 663 g/mol. The van der Waals surface area contributed by atoms with Crippen LogP contribution >= 0.6 is 31.9 Å². The summed E-state index contributed by atoms with van der Waals surface area (Å²) in [5, 5.41) is 0. The van der Waals surface area contributed by atoms with Gasteiger partial charge in [-0.1, -0.05) is 80.4 Å². The number of amides is 5. The predicted molar refractivity (Wildman–Crippen MR) is 157 cm³/mol. The Bertz CT molecular complexity index is 1550. The quantitative estimate of drug-likeness (QED) is 0.249. The lowest BCUT2D eigenvalue weighted by Gasteiger charge is -2.38. The van der Waals surface area contributed by atoms with Crippen LogP contribution in [0.4, 0.5) is 10.5 Å². The Morgan fingerprint density at radius 2 is 1.48 bits per heavy atom. The minimum absolute atomic E-state index is 0.105. The van der Waals surface area contributed by atoms with E-state index in [4.69, 9.17) is 0 Å². The van der Waals surface area contributed by atoms with Gasteiger partial charge >= 0.3 is 6.03 Å². The molecule has 6 rings (SSSR count). The molecule has 9 heteroatoms. The number of carbonyl (C=O) groups excluding carboxylic acids is 4. The number of nitrogens with zero attached hydrogens (tertiary/aromatic N) is 3. The number of halogens is 2. The van der Waals surface area contributed by atoms with Gasteiger partial charge in [-0.3, -0.25) is 19.3 Å². The van der Waals surface area contributed by atoms with E-state index in [2.05, 4.69) is 31.9 Å². The number of hydrogen-bond acceptors (Lipinski definition) is 4. The molecule has 3 heterocycles. The van der Waals surface area contributed by atoms with Crippen LogP contribution < -0.4 is 4.90 Å². The zero-order valence-electron chi connectivity index (χ0n) is 22.2. The van der Waals surface area contributed by atoms with Crippen LogP contribution in [0.5, 0.6) is 0 Å². The average Bonchev–Trinajstić information content (AvgIpc) is 3.42. The smallest absolute Gasteiger partial charge is 0.300 e. The second-order valence-electron chi connectivity index (χ2n) is 11.5. The van der Waals surface area contributed by atoms with Crippen LogP contribution in [0.1, 0.15) is 37.9 Å². The molecule has 0 bridgehead atoms. The van der Waals surface area contributed by atoms with Gasteiger partial charge in [0.05, 0.1) is 23.6 Å². The van der Waals surface area contributed by atoms with Gasteiger partial charge in [0.2, 0.25) is 11.8 Å². The maximum atomic E-state index is 14.8. The number of imide groups is 2. The van der Waals surface area contributed by atoms with Gasteiger partial charge in [-0.2, -0.15) is 0 Å². The van der Waals surface area contributed by atoms with Gasteiger partial charge in [0, 0.05) is 20.9 Å². The van der Waals surface area contributed by atoms with Crippen molar-refractivity contribution in [3.05, 3.63) is 98.9 Å². The maximum Gasteiger partial charge on any atom is 0.332 e. The first-order valence-electron chi connectivity index (χ1n) is 13.1. The van der Waals surface area contributed by atoms with Gasteiger partial charge in [-0.05, 0) is 62.2 Å². The first-order valence-corrected chi connectivity index (χ1v) is 14.7. The Morgan fingerprint density at radius 1 is 0.800 bits per heavy atom. The van der Waals surface area contributed by atoms with Crippen LogP contribution in [0, 0.1) is 11.8 Å². The molecule has 4 atom stereocenters. The lowest BCUT2D eigenvalue weighted by Crippen LogP contribution is -2.57. The van der Waals surface area contributed by atoms with E-state index in [-0.39, 0.29) is 12.3 Å². The Hall–Kier alpha value is -3.30. The molecule has 0 spiro atoms. The molecule has 7 nitrogen and oxygen atoms in total. The van der Waals surface area contributed by atoms with E-state index in [9.17, 15) is 19.2 Å². The molecular formula is C31H27Br2N3O4. The van der Waals surface area contributed by atoms with Crippen molar-refractivity contribution in [2.45, 2.75) is 44.3 Å². The molecule has 0 saturated carbocycles. The number of likely N-dealkylation sites (tertiary alicyclic amines) is 1. The fourth-order valence-corrected chi connectivity index (χ4v) is 7.33. The highest BCUT2D eigenvalue weighted by molar-refractivity contribution is 9.10. The van der Waals surface area contributed by atoms with Crippen molar-refractivity contribution in [1.29, 1.82) is 0 Å². The van der Waals surface area contributed by atoms with Gasteiger partial charge in [0.25, 0.3) is 5.91 Å². The number of hydrogen-bond donors (Lipinski definition) is 0. The summed E-state index contributed by atoms with van der Waals surface area (Å²) in [6, 6.07) is 22.4. The van der Waals surface area contributed by atoms with Gasteiger partial charge in [-0.15, -0.1) is 0 Å². The van der Waals surface area contributed by atoms with Crippen LogP contribution in [-0.2, 0) is 20.8 Å². The SMILES string of the molecule is CC(C)(C)N1C(=O)[C@H]2[C@@H](c3ccc(Br)cc3)N3C(=O)N(c4cccc(Br)c4)C(=O)[C@@]3(Cc3ccccc3)[C@H]2C1=O. The topological polar surface area (TPSA) is 78.0 Å². The van der Waals surface area contributed by atoms with Crippen molar-refractivity contribution in [2.75, 3.05) is 4.90 Å². The van der Waals surface area contributed by atoms with Gasteiger partial charge in [0.15, 0.2) is 0 Å². The average molecular weight is 665 g/mol. The fraction of sp³-hybridized carbons (Fsp3) is 0.290. The molecule has 3 saturated heterocycles. The zero-order valence-corrected chi connectivity index (χ0v) is 25.3. The molecule has 3 aliphatic rings. The maximum absolute atomic E-state index is 14.8.